The summed E-state index contributed by atoms with van der Waals surface area (Å²) in [5.74, 6) is 0.632. The van der Waals surface area contributed by atoms with Crippen molar-refractivity contribution in [1.29, 1.82) is 0 Å². The van der Waals surface area contributed by atoms with E-state index in [9.17, 15) is 0 Å². The Morgan fingerprint density at radius 2 is 2.36 bits per heavy atom. The molecule has 2 rings (SSSR count). The van der Waals surface area contributed by atoms with Gasteiger partial charge in [0.25, 0.3) is 0 Å². The van der Waals surface area contributed by atoms with Crippen LogP contribution in [0.3, 0.4) is 0 Å². The maximum absolute atomic E-state index is 5.35. The molecule has 2 heterocycles. The van der Waals surface area contributed by atoms with E-state index >= 15 is 0 Å². The first-order valence-electron chi connectivity index (χ1n) is 4.24. The highest BCUT2D eigenvalue weighted by Gasteiger charge is 2.30. The highest BCUT2D eigenvalue weighted by atomic mass is 16.7. The molecule has 4 heteroatoms. The SMILES string of the molecule is C[C@@H]1NO[C@@H]([C@H]2CCNC2)N1. The molecule has 3 atom stereocenters. The Hall–Kier alpha value is -0.160. The van der Waals surface area contributed by atoms with E-state index in [0.29, 0.717) is 12.1 Å². The quantitative estimate of drug-likeness (QED) is 0.475. The monoisotopic (exact) mass is 157 g/mol. The lowest BCUT2D eigenvalue weighted by Gasteiger charge is -2.14. The van der Waals surface area contributed by atoms with Gasteiger partial charge in [-0.1, -0.05) is 0 Å². The molecule has 64 valence electrons. The van der Waals surface area contributed by atoms with Crippen molar-refractivity contribution in [3.63, 3.8) is 0 Å². The minimum Gasteiger partial charge on any atom is -0.316 e. The van der Waals surface area contributed by atoms with Crippen molar-refractivity contribution >= 4 is 0 Å². The molecule has 0 aromatic heterocycles. The molecule has 0 spiro atoms. The third-order valence-corrected chi connectivity index (χ3v) is 2.31. The minimum absolute atomic E-state index is 0.208. The summed E-state index contributed by atoms with van der Waals surface area (Å²) >= 11 is 0. The third kappa shape index (κ3) is 1.54. The molecular formula is C7H15N3O. The van der Waals surface area contributed by atoms with Gasteiger partial charge in [-0.05, 0) is 19.9 Å². The van der Waals surface area contributed by atoms with Gasteiger partial charge in [0.2, 0.25) is 0 Å². The summed E-state index contributed by atoms with van der Waals surface area (Å²) in [6.07, 6.45) is 1.71. The van der Waals surface area contributed by atoms with Gasteiger partial charge >= 0.3 is 0 Å². The molecular weight excluding hydrogens is 142 g/mol. The molecule has 2 saturated heterocycles. The topological polar surface area (TPSA) is 45.3 Å². The second kappa shape index (κ2) is 3.06. The number of hydrogen-bond acceptors (Lipinski definition) is 4. The van der Waals surface area contributed by atoms with Crippen LogP contribution >= 0.6 is 0 Å². The van der Waals surface area contributed by atoms with Crippen molar-refractivity contribution in [2.24, 2.45) is 5.92 Å². The number of hydrogen-bond donors (Lipinski definition) is 3. The van der Waals surface area contributed by atoms with Crippen LogP contribution in [-0.4, -0.2) is 25.5 Å². The molecule has 11 heavy (non-hydrogen) atoms. The van der Waals surface area contributed by atoms with Crippen LogP contribution < -0.4 is 16.1 Å². The van der Waals surface area contributed by atoms with E-state index in [1.54, 1.807) is 0 Å². The van der Waals surface area contributed by atoms with Crippen LogP contribution in [0.1, 0.15) is 13.3 Å². The van der Waals surface area contributed by atoms with Gasteiger partial charge in [-0.2, -0.15) is 5.48 Å². The van der Waals surface area contributed by atoms with Crippen LogP contribution in [-0.2, 0) is 4.84 Å². The second-order valence-electron chi connectivity index (χ2n) is 3.30. The first-order chi connectivity index (χ1) is 5.36. The van der Waals surface area contributed by atoms with Crippen molar-refractivity contribution < 1.29 is 4.84 Å². The second-order valence-corrected chi connectivity index (χ2v) is 3.30. The normalized spacial score (nSPS) is 45.0. The van der Waals surface area contributed by atoms with Gasteiger partial charge in [0.05, 0.1) is 6.17 Å². The summed E-state index contributed by atoms with van der Waals surface area (Å²) in [7, 11) is 0. The molecule has 0 unspecified atom stereocenters. The van der Waals surface area contributed by atoms with E-state index in [2.05, 4.69) is 23.0 Å². The van der Waals surface area contributed by atoms with Crippen molar-refractivity contribution in [2.75, 3.05) is 13.1 Å². The smallest absolute Gasteiger partial charge is 0.135 e. The van der Waals surface area contributed by atoms with Crippen molar-refractivity contribution in [1.82, 2.24) is 16.1 Å². The van der Waals surface area contributed by atoms with Crippen molar-refractivity contribution in [3.05, 3.63) is 0 Å². The zero-order chi connectivity index (χ0) is 7.68. The Labute approximate surface area is 66.6 Å². The van der Waals surface area contributed by atoms with E-state index in [1.165, 1.54) is 6.42 Å². The Bertz CT molecular complexity index is 136. The van der Waals surface area contributed by atoms with Gasteiger partial charge in [-0.25, -0.2) is 0 Å². The van der Waals surface area contributed by atoms with Crippen LogP contribution in [0, 0.1) is 5.92 Å². The van der Waals surface area contributed by atoms with Gasteiger partial charge in [0.1, 0.15) is 6.23 Å². The lowest BCUT2D eigenvalue weighted by Crippen LogP contribution is -2.36. The molecule has 0 aromatic rings. The van der Waals surface area contributed by atoms with E-state index < -0.39 is 0 Å². The van der Waals surface area contributed by atoms with Crippen LogP contribution in [0.15, 0.2) is 0 Å². The van der Waals surface area contributed by atoms with E-state index in [4.69, 9.17) is 4.84 Å². The average Bonchev–Trinajstić information content (AvgIpc) is 2.55. The van der Waals surface area contributed by atoms with Gasteiger partial charge in [-0.3, -0.25) is 10.2 Å². The lowest BCUT2D eigenvalue weighted by atomic mass is 10.1. The standard InChI is InChI=1S/C7H15N3O/c1-5-9-7(11-10-5)6-2-3-8-4-6/h5-10H,2-4H2,1H3/t5-,6-,7-/m0/s1. The Morgan fingerprint density at radius 1 is 1.45 bits per heavy atom. The molecule has 2 aliphatic rings. The summed E-state index contributed by atoms with van der Waals surface area (Å²) in [5.41, 5.74) is 2.91. The van der Waals surface area contributed by atoms with E-state index in [1.807, 2.05) is 0 Å². The van der Waals surface area contributed by atoms with E-state index in [-0.39, 0.29) is 6.23 Å². The van der Waals surface area contributed by atoms with Crippen molar-refractivity contribution in [3.8, 4) is 0 Å². The fourth-order valence-electron chi connectivity index (χ4n) is 1.66. The van der Waals surface area contributed by atoms with Crippen LogP contribution in [0.4, 0.5) is 0 Å². The number of hydroxylamine groups is 1. The average molecular weight is 157 g/mol. The van der Waals surface area contributed by atoms with Crippen LogP contribution in [0.2, 0.25) is 0 Å². The van der Waals surface area contributed by atoms with Gasteiger partial charge in [0.15, 0.2) is 0 Å². The first kappa shape index (κ1) is 7.49. The Kier molecular flexibility index (Phi) is 2.09. The third-order valence-electron chi connectivity index (χ3n) is 2.31. The fourth-order valence-corrected chi connectivity index (χ4v) is 1.66. The Balaban J connectivity index is 1.85. The fraction of sp³-hybridized carbons (Fsp3) is 1.00. The molecule has 4 nitrogen and oxygen atoms in total. The molecule has 3 N–H and O–H groups in total. The zero-order valence-corrected chi connectivity index (χ0v) is 6.76. The molecule has 0 radical (unpaired) electrons. The largest absolute Gasteiger partial charge is 0.316 e. The lowest BCUT2D eigenvalue weighted by molar-refractivity contribution is -0.00540. The van der Waals surface area contributed by atoms with Gasteiger partial charge < -0.3 is 5.32 Å². The van der Waals surface area contributed by atoms with Crippen LogP contribution in [0.25, 0.3) is 0 Å². The molecule has 0 aliphatic carbocycles. The first-order valence-corrected chi connectivity index (χ1v) is 4.24. The summed E-state index contributed by atoms with van der Waals surface area (Å²) in [5, 5.41) is 6.64. The summed E-state index contributed by atoms with van der Waals surface area (Å²) < 4.78 is 0. The van der Waals surface area contributed by atoms with Gasteiger partial charge in [-0.15, -0.1) is 0 Å². The van der Waals surface area contributed by atoms with Gasteiger partial charge in [0, 0.05) is 12.5 Å². The zero-order valence-electron chi connectivity index (χ0n) is 6.76. The highest BCUT2D eigenvalue weighted by Crippen LogP contribution is 2.15. The maximum Gasteiger partial charge on any atom is 0.135 e. The van der Waals surface area contributed by atoms with E-state index in [0.717, 1.165) is 13.1 Å². The molecule has 0 bridgehead atoms. The molecule has 2 fully saturated rings. The Morgan fingerprint density at radius 3 is 2.91 bits per heavy atom. The number of nitrogens with one attached hydrogen (secondary N) is 3. The molecule has 0 aromatic carbocycles. The summed E-state index contributed by atoms with van der Waals surface area (Å²) in [4.78, 5) is 5.35. The summed E-state index contributed by atoms with van der Waals surface area (Å²) in [6.45, 7) is 4.26. The maximum atomic E-state index is 5.35. The molecule has 0 saturated carbocycles. The predicted molar refractivity (Wildman–Crippen MR) is 41.6 cm³/mol. The number of rotatable bonds is 1. The molecule has 0 amide bonds. The minimum atomic E-state index is 0.208. The van der Waals surface area contributed by atoms with Crippen LogP contribution in [0.5, 0.6) is 0 Å². The predicted octanol–water partition coefficient (Wildman–Crippen LogP) is -0.608. The van der Waals surface area contributed by atoms with Crippen molar-refractivity contribution in [2.45, 2.75) is 25.7 Å². The molecule has 2 aliphatic heterocycles. The summed E-state index contributed by atoms with van der Waals surface area (Å²) in [6, 6.07) is 0. The highest BCUT2D eigenvalue weighted by molar-refractivity contribution is 4.80.